The van der Waals surface area contributed by atoms with E-state index in [1.165, 1.54) is 56.2 Å². The molecule has 0 amide bonds. The van der Waals surface area contributed by atoms with Crippen molar-refractivity contribution >= 4 is 0 Å². The lowest BCUT2D eigenvalue weighted by Gasteiger charge is -2.24. The Kier molecular flexibility index (Phi) is 16.0. The van der Waals surface area contributed by atoms with Crippen LogP contribution in [0.25, 0.3) is 0 Å². The van der Waals surface area contributed by atoms with E-state index < -0.39 is 0 Å². The van der Waals surface area contributed by atoms with Crippen LogP contribution in [0, 0.1) is 0 Å². The van der Waals surface area contributed by atoms with Crippen molar-refractivity contribution in [2.45, 2.75) is 79.2 Å². The Labute approximate surface area is 158 Å². The van der Waals surface area contributed by atoms with Crippen molar-refractivity contribution in [1.29, 1.82) is 0 Å². The standard InChI is InChI=1S/C20H36N2.C3H8/c1-5-7-8-9-10-14-22(16-15-21(3)4)18-20-13-11-12-19(6-2)17-20;1-3-2/h11-13,17H,5-10,14-16,18H2,1-4H3;3H2,1-2H3. The summed E-state index contributed by atoms with van der Waals surface area (Å²) >= 11 is 0. The summed E-state index contributed by atoms with van der Waals surface area (Å²) in [6.07, 6.45) is 9.19. The molecule has 0 aliphatic rings. The molecule has 0 unspecified atom stereocenters. The summed E-state index contributed by atoms with van der Waals surface area (Å²) in [5.41, 5.74) is 2.92. The molecule has 25 heavy (non-hydrogen) atoms. The zero-order chi connectivity index (χ0) is 18.9. The van der Waals surface area contributed by atoms with Crippen LogP contribution in [0.15, 0.2) is 24.3 Å². The topological polar surface area (TPSA) is 6.48 Å². The van der Waals surface area contributed by atoms with Crippen LogP contribution in [-0.4, -0.2) is 43.5 Å². The van der Waals surface area contributed by atoms with E-state index in [9.17, 15) is 0 Å². The summed E-state index contributed by atoms with van der Waals surface area (Å²) in [5, 5.41) is 0. The Bertz CT molecular complexity index is 401. The summed E-state index contributed by atoms with van der Waals surface area (Å²) in [7, 11) is 4.33. The third-order valence-corrected chi connectivity index (χ3v) is 4.25. The van der Waals surface area contributed by atoms with Crippen molar-refractivity contribution in [1.82, 2.24) is 9.80 Å². The number of unbranched alkanes of at least 4 members (excludes halogenated alkanes) is 4. The van der Waals surface area contributed by atoms with E-state index in [0.717, 1.165) is 26.1 Å². The average molecular weight is 349 g/mol. The molecule has 0 aliphatic heterocycles. The molecule has 0 heterocycles. The van der Waals surface area contributed by atoms with Crippen LogP contribution in [-0.2, 0) is 13.0 Å². The number of likely N-dealkylation sites (N-methyl/N-ethyl adjacent to an activating group) is 1. The fourth-order valence-electron chi connectivity index (χ4n) is 2.76. The van der Waals surface area contributed by atoms with Crippen LogP contribution in [0.2, 0.25) is 0 Å². The lowest BCUT2D eigenvalue weighted by molar-refractivity contribution is 0.229. The van der Waals surface area contributed by atoms with Gasteiger partial charge >= 0.3 is 0 Å². The number of hydrogen-bond donors (Lipinski definition) is 0. The Hall–Kier alpha value is -0.860. The molecule has 146 valence electrons. The van der Waals surface area contributed by atoms with Crippen LogP contribution in [0.1, 0.15) is 77.3 Å². The minimum absolute atomic E-state index is 1.09. The third-order valence-electron chi connectivity index (χ3n) is 4.25. The first kappa shape index (κ1) is 24.1. The fourth-order valence-corrected chi connectivity index (χ4v) is 2.76. The van der Waals surface area contributed by atoms with E-state index in [1.54, 1.807) is 0 Å². The van der Waals surface area contributed by atoms with E-state index in [-0.39, 0.29) is 0 Å². The van der Waals surface area contributed by atoms with E-state index in [0.29, 0.717) is 0 Å². The van der Waals surface area contributed by atoms with Gasteiger partial charge in [0.25, 0.3) is 0 Å². The molecule has 0 saturated heterocycles. The van der Waals surface area contributed by atoms with Crippen molar-refractivity contribution in [2.24, 2.45) is 0 Å². The molecule has 0 fully saturated rings. The van der Waals surface area contributed by atoms with Crippen LogP contribution >= 0.6 is 0 Å². The molecule has 0 bridgehead atoms. The second kappa shape index (κ2) is 16.6. The van der Waals surface area contributed by atoms with Crippen molar-refractivity contribution in [3.05, 3.63) is 35.4 Å². The molecule has 1 aromatic rings. The zero-order valence-electron chi connectivity index (χ0n) is 18.0. The highest BCUT2D eigenvalue weighted by Gasteiger charge is 2.07. The maximum absolute atomic E-state index is 2.63. The highest BCUT2D eigenvalue weighted by Crippen LogP contribution is 2.11. The number of hydrogen-bond acceptors (Lipinski definition) is 2. The normalized spacial score (nSPS) is 10.9. The first-order valence-corrected chi connectivity index (χ1v) is 10.5. The Morgan fingerprint density at radius 1 is 0.760 bits per heavy atom. The van der Waals surface area contributed by atoms with Gasteiger partial charge in [0.15, 0.2) is 0 Å². The number of nitrogens with zero attached hydrogens (tertiary/aromatic N) is 2. The number of benzene rings is 1. The lowest BCUT2D eigenvalue weighted by Crippen LogP contribution is -2.32. The summed E-state index contributed by atoms with van der Waals surface area (Å²) in [4.78, 5) is 4.91. The monoisotopic (exact) mass is 348 g/mol. The van der Waals surface area contributed by atoms with Gasteiger partial charge in [-0.05, 0) is 44.6 Å². The molecule has 0 radical (unpaired) electrons. The van der Waals surface area contributed by atoms with Gasteiger partial charge in [-0.1, -0.05) is 84.1 Å². The van der Waals surface area contributed by atoms with Crippen molar-refractivity contribution < 1.29 is 0 Å². The maximum Gasteiger partial charge on any atom is 0.0234 e. The molecule has 2 heteroatoms. The van der Waals surface area contributed by atoms with Gasteiger partial charge in [-0.3, -0.25) is 4.90 Å². The SMILES string of the molecule is CCC.CCCCCCCN(CCN(C)C)Cc1cccc(CC)c1. The molecule has 0 saturated carbocycles. The highest BCUT2D eigenvalue weighted by molar-refractivity contribution is 5.23. The maximum atomic E-state index is 2.63. The van der Waals surface area contributed by atoms with E-state index in [1.807, 2.05) is 0 Å². The minimum Gasteiger partial charge on any atom is -0.308 e. The zero-order valence-corrected chi connectivity index (χ0v) is 18.0. The third kappa shape index (κ3) is 14.0. The quantitative estimate of drug-likeness (QED) is 0.427. The molecule has 1 rings (SSSR count). The van der Waals surface area contributed by atoms with Crippen molar-refractivity contribution in [3.8, 4) is 0 Å². The molecule has 0 N–H and O–H groups in total. The molecule has 0 aromatic heterocycles. The predicted molar refractivity (Wildman–Crippen MR) is 114 cm³/mol. The summed E-state index contributed by atoms with van der Waals surface area (Å²) < 4.78 is 0. The minimum atomic E-state index is 1.09. The second-order valence-corrected chi connectivity index (χ2v) is 7.37. The summed E-state index contributed by atoms with van der Waals surface area (Å²) in [6.45, 7) is 13.4. The fraction of sp³-hybridized carbons (Fsp3) is 0.739. The molecule has 0 spiro atoms. The Balaban J connectivity index is 0.00000178. The average Bonchev–Trinajstić information content (AvgIpc) is 2.60. The van der Waals surface area contributed by atoms with Crippen molar-refractivity contribution in [2.75, 3.05) is 33.7 Å². The molecule has 0 aliphatic carbocycles. The Morgan fingerprint density at radius 3 is 2.00 bits per heavy atom. The van der Waals surface area contributed by atoms with Gasteiger partial charge in [0.05, 0.1) is 0 Å². The predicted octanol–water partition coefficient (Wildman–Crippen LogP) is 6.00. The van der Waals surface area contributed by atoms with Gasteiger partial charge in [0, 0.05) is 19.6 Å². The van der Waals surface area contributed by atoms with Gasteiger partial charge in [-0.15, -0.1) is 0 Å². The molecular formula is C23H44N2. The van der Waals surface area contributed by atoms with Crippen LogP contribution in [0.3, 0.4) is 0 Å². The van der Waals surface area contributed by atoms with Crippen LogP contribution in [0.5, 0.6) is 0 Å². The molecule has 1 aromatic carbocycles. The molecule has 0 atom stereocenters. The molecule has 2 nitrogen and oxygen atoms in total. The largest absolute Gasteiger partial charge is 0.308 e. The first-order chi connectivity index (χ1) is 12.1. The van der Waals surface area contributed by atoms with Gasteiger partial charge in [0.2, 0.25) is 0 Å². The summed E-state index contributed by atoms with van der Waals surface area (Å²) in [5.74, 6) is 0. The van der Waals surface area contributed by atoms with Gasteiger partial charge in [0.1, 0.15) is 0 Å². The molecular weight excluding hydrogens is 304 g/mol. The van der Waals surface area contributed by atoms with Gasteiger partial charge < -0.3 is 4.90 Å². The first-order valence-electron chi connectivity index (χ1n) is 10.5. The smallest absolute Gasteiger partial charge is 0.0234 e. The van der Waals surface area contributed by atoms with E-state index >= 15 is 0 Å². The van der Waals surface area contributed by atoms with Gasteiger partial charge in [-0.25, -0.2) is 0 Å². The van der Waals surface area contributed by atoms with E-state index in [4.69, 9.17) is 0 Å². The van der Waals surface area contributed by atoms with E-state index in [2.05, 4.69) is 75.9 Å². The van der Waals surface area contributed by atoms with Crippen molar-refractivity contribution in [3.63, 3.8) is 0 Å². The second-order valence-electron chi connectivity index (χ2n) is 7.37. The number of aryl methyl sites for hydroxylation is 1. The lowest BCUT2D eigenvalue weighted by atomic mass is 10.1. The van der Waals surface area contributed by atoms with Crippen LogP contribution in [0.4, 0.5) is 0 Å². The highest BCUT2D eigenvalue weighted by atomic mass is 15.2. The van der Waals surface area contributed by atoms with Gasteiger partial charge in [-0.2, -0.15) is 0 Å². The number of rotatable bonds is 12. The van der Waals surface area contributed by atoms with Crippen LogP contribution < -0.4 is 0 Å². The Morgan fingerprint density at radius 2 is 1.40 bits per heavy atom. The summed E-state index contributed by atoms with van der Waals surface area (Å²) in [6, 6.07) is 9.09.